The van der Waals surface area contributed by atoms with Crippen LogP contribution in [-0.2, 0) is 64.6 Å². The fourth-order valence-electron chi connectivity index (χ4n) is 9.08. The molecule has 77 heavy (non-hydrogen) atoms. The van der Waals surface area contributed by atoms with Crippen molar-refractivity contribution in [3.05, 3.63) is 201 Å². The van der Waals surface area contributed by atoms with E-state index in [1.54, 1.807) is 12.1 Å². The minimum Gasteiger partial charge on any atom is -1.00 e. The smallest absolute Gasteiger partial charge is 1.00 e. The van der Waals surface area contributed by atoms with Crippen molar-refractivity contribution in [1.29, 1.82) is 0 Å². The van der Waals surface area contributed by atoms with Gasteiger partial charge in [-0.1, -0.05) is 108 Å². The molecule has 0 bridgehead atoms. The van der Waals surface area contributed by atoms with Crippen LogP contribution >= 0.6 is 34.8 Å². The summed E-state index contributed by atoms with van der Waals surface area (Å²) in [4.78, 5) is 69.1. The molecule has 4 amide bonds. The standard InChI is InChI=1S/C27H24Cl2F2N2O3.C27H23ClF2N2O3.CH2O3.2K.H/c28-15-25(34)33(16-18-6-9-21(30)10-7-18)27(26(35)32-24-11-8-20(29)12-23(24)31)13-22(14-27)36-17-19-4-2-1-3-5-19;28-20-8-11-24(23(30)12-20)31-16-25(33)32(15-18-6-9-21(29)10-7-18)27(26(31)34)13-22(14-27)35-17-19-4-2-1-3-5-19;2-1-4-3;;;/h1-12,22H,13-17H2,(H,32,35);1-12,22H,13-17H2;1,3H;;;/q;;;2*+1;-1/p-1. The predicted molar refractivity (Wildman–Crippen MR) is 271 cm³/mol. The molecule has 394 valence electrons. The molecule has 0 unspecified atom stereocenters. The maximum atomic E-state index is 14.7. The summed E-state index contributed by atoms with van der Waals surface area (Å²) in [5.74, 6) is -4.25. The van der Waals surface area contributed by atoms with Gasteiger partial charge >= 0.3 is 103 Å². The molecule has 3 fully saturated rings. The Kier molecular flexibility index (Phi) is 25.3. The van der Waals surface area contributed by atoms with E-state index in [1.165, 1.54) is 75.4 Å². The van der Waals surface area contributed by atoms with Gasteiger partial charge in [0.05, 0.1) is 36.8 Å². The van der Waals surface area contributed by atoms with E-state index in [9.17, 15) is 36.7 Å². The maximum absolute atomic E-state index is 14.7. The Bertz CT molecular complexity index is 2960. The monoisotopic (exact) mass is 1170 g/mol. The topological polar surface area (TPSA) is 158 Å². The third kappa shape index (κ3) is 16.5. The number of amides is 4. The summed E-state index contributed by atoms with van der Waals surface area (Å²) in [6, 6.07) is 38.6. The first-order valence-corrected chi connectivity index (χ1v) is 24.6. The molecule has 1 aliphatic heterocycles. The van der Waals surface area contributed by atoms with E-state index in [0.29, 0.717) is 24.3 Å². The number of carbonyl (C=O) groups excluding carboxylic acids is 5. The van der Waals surface area contributed by atoms with Gasteiger partial charge in [-0.25, -0.2) is 17.6 Å². The minimum atomic E-state index is -1.34. The Morgan fingerprint density at radius 3 is 1.69 bits per heavy atom. The van der Waals surface area contributed by atoms with E-state index in [2.05, 4.69) is 10.2 Å². The number of hydrogen-bond donors (Lipinski definition) is 1. The third-order valence-electron chi connectivity index (χ3n) is 13.0. The second-order valence-corrected chi connectivity index (χ2v) is 19.0. The van der Waals surface area contributed by atoms with Crippen LogP contribution in [0.1, 0.15) is 49.4 Å². The molecule has 9 rings (SSSR count). The van der Waals surface area contributed by atoms with Gasteiger partial charge in [-0.2, -0.15) is 0 Å². The Balaban J connectivity index is 0.000000304. The Hall–Kier alpha value is -3.59. The summed E-state index contributed by atoms with van der Waals surface area (Å²) < 4.78 is 68.0. The molecular weight excluding hydrogens is 1120 g/mol. The summed E-state index contributed by atoms with van der Waals surface area (Å²) in [6.45, 7) is 0.421. The van der Waals surface area contributed by atoms with Gasteiger partial charge in [-0.05, 0) is 82.9 Å². The van der Waals surface area contributed by atoms with Gasteiger partial charge in [0.1, 0.15) is 46.8 Å². The number of piperazine rings is 1. The molecule has 1 heterocycles. The van der Waals surface area contributed by atoms with Crippen molar-refractivity contribution >= 4 is 76.3 Å². The molecule has 1 saturated heterocycles. The van der Waals surface area contributed by atoms with E-state index in [1.807, 2.05) is 60.7 Å². The maximum Gasteiger partial charge on any atom is 1.00 e. The van der Waals surface area contributed by atoms with Crippen LogP contribution in [0.15, 0.2) is 146 Å². The van der Waals surface area contributed by atoms with Gasteiger partial charge in [-0.3, -0.25) is 28.9 Å². The van der Waals surface area contributed by atoms with Crippen molar-refractivity contribution in [3.63, 3.8) is 0 Å². The van der Waals surface area contributed by atoms with Crippen LogP contribution in [0.4, 0.5) is 28.9 Å². The van der Waals surface area contributed by atoms with E-state index in [4.69, 9.17) is 54.3 Å². The first-order valence-electron chi connectivity index (χ1n) is 23.3. The SMILES string of the molecule is O=C(CCl)N(Cc1ccc(F)cc1)C1(C(=O)Nc2ccc(Cl)cc2F)CC(OCc2ccccc2)C1.O=C1CN(c2ccc(Cl)cc2F)C(=O)C2(CC(OCc3ccccc3)C2)N1Cc1ccc(F)cc1.O=CO[O-].[H-].[K+].[K+]. The molecule has 1 spiro atoms. The number of alkyl halides is 1. The number of carbonyl (C=O) groups is 5. The van der Waals surface area contributed by atoms with Gasteiger partial charge in [0, 0.05) is 48.8 Å². The largest absolute Gasteiger partial charge is 1.00 e. The average Bonchev–Trinajstić information content (AvgIpc) is 3.39. The second kappa shape index (κ2) is 30.3. The van der Waals surface area contributed by atoms with E-state index in [0.717, 1.165) is 23.3 Å². The molecule has 6 aromatic carbocycles. The van der Waals surface area contributed by atoms with Gasteiger partial charge in [0.2, 0.25) is 11.8 Å². The predicted octanol–water partition coefficient (Wildman–Crippen LogP) is 3.61. The van der Waals surface area contributed by atoms with E-state index >= 15 is 0 Å². The Morgan fingerprint density at radius 2 is 1.19 bits per heavy atom. The van der Waals surface area contributed by atoms with Crippen molar-refractivity contribution in [3.8, 4) is 0 Å². The van der Waals surface area contributed by atoms with Crippen molar-refractivity contribution in [2.24, 2.45) is 0 Å². The summed E-state index contributed by atoms with van der Waals surface area (Å²) in [6.07, 6.45) is 0.395. The third-order valence-corrected chi connectivity index (χ3v) is 13.7. The van der Waals surface area contributed by atoms with Crippen LogP contribution in [0, 0.1) is 23.3 Å². The molecule has 13 nitrogen and oxygen atoms in total. The fourth-order valence-corrected chi connectivity index (χ4v) is 9.54. The normalized spacial score (nSPS) is 19.1. The van der Waals surface area contributed by atoms with Crippen LogP contribution < -0.4 is 118 Å². The minimum absolute atomic E-state index is 0. The molecule has 22 heteroatoms. The zero-order valence-electron chi connectivity index (χ0n) is 42.8. The zero-order valence-corrected chi connectivity index (χ0v) is 50.3. The molecule has 0 atom stereocenters. The summed E-state index contributed by atoms with van der Waals surface area (Å²) in [7, 11) is 0. The molecule has 2 saturated carbocycles. The van der Waals surface area contributed by atoms with Gasteiger partial charge in [0.15, 0.2) is 0 Å². The molecule has 6 aromatic rings. The van der Waals surface area contributed by atoms with Gasteiger partial charge < -0.3 is 36.2 Å². The van der Waals surface area contributed by atoms with Crippen LogP contribution in [0.2, 0.25) is 10.0 Å². The van der Waals surface area contributed by atoms with Gasteiger partial charge in [-0.15, -0.1) is 11.6 Å². The Morgan fingerprint density at radius 1 is 0.701 bits per heavy atom. The average molecular weight is 1170 g/mol. The number of nitrogens with zero attached hydrogens (tertiary/aromatic N) is 3. The number of ether oxygens (including phenoxy) is 2. The first kappa shape index (κ1) is 64.2. The number of halogens is 7. The fraction of sp³-hybridized carbons (Fsp3) is 0.255. The quantitative estimate of drug-likeness (QED) is 0.0382. The summed E-state index contributed by atoms with van der Waals surface area (Å²) in [5, 5.41) is 11.4. The summed E-state index contributed by atoms with van der Waals surface area (Å²) >= 11 is 17.6. The van der Waals surface area contributed by atoms with Crippen LogP contribution in [0.3, 0.4) is 0 Å². The first-order chi connectivity index (χ1) is 36.1. The molecular formula is C55H49Cl3F4K2N4O9. The van der Waals surface area contributed by atoms with E-state index in [-0.39, 0.29) is 213 Å². The van der Waals surface area contributed by atoms with Crippen molar-refractivity contribution < 1.29 is 165 Å². The number of anilines is 2. The zero-order chi connectivity index (χ0) is 53.7. The molecule has 2 aliphatic carbocycles. The van der Waals surface area contributed by atoms with Crippen molar-refractivity contribution in [2.75, 3.05) is 22.6 Å². The number of nitrogens with one attached hydrogen (secondary N) is 1. The van der Waals surface area contributed by atoms with Crippen molar-refractivity contribution in [1.82, 2.24) is 9.80 Å². The van der Waals surface area contributed by atoms with Crippen LogP contribution in [0.25, 0.3) is 0 Å². The molecule has 3 aliphatic rings. The van der Waals surface area contributed by atoms with Crippen molar-refractivity contribution in [2.45, 2.75) is 75.3 Å². The summed E-state index contributed by atoms with van der Waals surface area (Å²) in [5.41, 5.74) is 0.750. The number of hydrogen-bond acceptors (Lipinski definition) is 9. The molecule has 0 aromatic heterocycles. The molecule has 0 radical (unpaired) electrons. The second-order valence-electron chi connectivity index (χ2n) is 17.8. The van der Waals surface area contributed by atoms with Gasteiger partial charge in [0.25, 0.3) is 18.3 Å². The van der Waals surface area contributed by atoms with E-state index < -0.39 is 40.3 Å². The van der Waals surface area contributed by atoms with Crippen LogP contribution in [-0.4, -0.2) is 75.6 Å². The molecule has 1 N–H and O–H groups in total. The van der Waals surface area contributed by atoms with Crippen LogP contribution in [0.5, 0.6) is 0 Å². The number of benzene rings is 6. The number of rotatable bonds is 16. The Labute approximate surface area is 543 Å².